The summed E-state index contributed by atoms with van der Waals surface area (Å²) in [6.07, 6.45) is 1.57. The number of amides is 2. The van der Waals surface area contributed by atoms with E-state index in [1.807, 2.05) is 30.3 Å². The number of nitrogens with one attached hydrogen (secondary N) is 2. The van der Waals surface area contributed by atoms with E-state index in [1.165, 1.54) is 0 Å². The highest BCUT2D eigenvalue weighted by atomic mass is 79.9. The predicted octanol–water partition coefficient (Wildman–Crippen LogP) is 4.47. The SMILES string of the molecule is O=C(NN=Cc1cccc(Br)c1)c1ccc(NC(=O)c2ccccc2)cc1. The van der Waals surface area contributed by atoms with Gasteiger partial charge in [-0.15, -0.1) is 0 Å². The van der Waals surface area contributed by atoms with Crippen LogP contribution in [0.15, 0.2) is 88.4 Å². The van der Waals surface area contributed by atoms with E-state index < -0.39 is 0 Å². The molecule has 27 heavy (non-hydrogen) atoms. The quantitative estimate of drug-likeness (QED) is 0.471. The van der Waals surface area contributed by atoms with E-state index >= 15 is 0 Å². The molecule has 0 radical (unpaired) electrons. The molecule has 0 spiro atoms. The Hall–Kier alpha value is -3.25. The molecule has 2 amide bonds. The molecule has 0 fully saturated rings. The zero-order chi connectivity index (χ0) is 19.1. The van der Waals surface area contributed by atoms with Gasteiger partial charge in [-0.2, -0.15) is 5.10 Å². The number of carbonyl (C=O) groups is 2. The molecule has 0 unspecified atom stereocenters. The van der Waals surface area contributed by atoms with Gasteiger partial charge in [0.1, 0.15) is 0 Å². The van der Waals surface area contributed by atoms with Gasteiger partial charge in [-0.25, -0.2) is 5.43 Å². The molecule has 3 aromatic carbocycles. The number of anilines is 1. The van der Waals surface area contributed by atoms with Gasteiger partial charge in [-0.3, -0.25) is 9.59 Å². The fourth-order valence-electron chi connectivity index (χ4n) is 2.31. The van der Waals surface area contributed by atoms with Crippen LogP contribution in [0.4, 0.5) is 5.69 Å². The molecule has 0 atom stereocenters. The molecule has 0 saturated heterocycles. The van der Waals surface area contributed by atoms with Gasteiger partial charge < -0.3 is 5.32 Å². The zero-order valence-corrected chi connectivity index (χ0v) is 15.8. The van der Waals surface area contributed by atoms with Crippen LogP contribution < -0.4 is 10.7 Å². The number of carbonyl (C=O) groups excluding carboxylic acids is 2. The van der Waals surface area contributed by atoms with E-state index in [-0.39, 0.29) is 11.8 Å². The normalized spacial score (nSPS) is 10.6. The lowest BCUT2D eigenvalue weighted by molar-refractivity contribution is 0.0954. The summed E-state index contributed by atoms with van der Waals surface area (Å²) in [7, 11) is 0. The minimum atomic E-state index is -0.331. The molecule has 0 aliphatic heterocycles. The maximum Gasteiger partial charge on any atom is 0.271 e. The van der Waals surface area contributed by atoms with Gasteiger partial charge in [0.05, 0.1) is 6.21 Å². The largest absolute Gasteiger partial charge is 0.322 e. The standard InChI is InChI=1S/C21H16BrN3O2/c22-18-8-4-5-15(13-18)14-23-25-21(27)17-9-11-19(12-10-17)24-20(26)16-6-2-1-3-7-16/h1-14H,(H,24,26)(H,25,27). The summed E-state index contributed by atoms with van der Waals surface area (Å²) < 4.78 is 0.936. The molecule has 5 nitrogen and oxygen atoms in total. The Kier molecular flexibility index (Phi) is 6.12. The lowest BCUT2D eigenvalue weighted by Crippen LogP contribution is -2.17. The summed E-state index contributed by atoms with van der Waals surface area (Å²) in [5.41, 5.74) is 4.97. The highest BCUT2D eigenvalue weighted by Gasteiger charge is 2.07. The Morgan fingerprint density at radius 3 is 2.22 bits per heavy atom. The summed E-state index contributed by atoms with van der Waals surface area (Å²) in [5.74, 6) is -0.534. The first-order chi connectivity index (χ1) is 13.1. The topological polar surface area (TPSA) is 70.6 Å². The minimum Gasteiger partial charge on any atom is -0.322 e. The van der Waals surface area contributed by atoms with Gasteiger partial charge in [0.15, 0.2) is 0 Å². The van der Waals surface area contributed by atoms with Crippen molar-refractivity contribution in [3.05, 3.63) is 100 Å². The van der Waals surface area contributed by atoms with Crippen molar-refractivity contribution < 1.29 is 9.59 Å². The first-order valence-corrected chi connectivity index (χ1v) is 8.96. The van der Waals surface area contributed by atoms with Crippen LogP contribution >= 0.6 is 15.9 Å². The van der Waals surface area contributed by atoms with E-state index in [0.29, 0.717) is 16.8 Å². The van der Waals surface area contributed by atoms with E-state index in [0.717, 1.165) is 10.0 Å². The Morgan fingerprint density at radius 1 is 0.815 bits per heavy atom. The highest BCUT2D eigenvalue weighted by Crippen LogP contribution is 2.12. The van der Waals surface area contributed by atoms with Crippen LogP contribution in [-0.2, 0) is 0 Å². The summed E-state index contributed by atoms with van der Waals surface area (Å²) in [4.78, 5) is 24.3. The van der Waals surface area contributed by atoms with Crippen molar-refractivity contribution >= 4 is 39.6 Å². The molecule has 6 heteroatoms. The zero-order valence-electron chi connectivity index (χ0n) is 14.2. The molecule has 0 aliphatic rings. The van der Waals surface area contributed by atoms with Crippen molar-refractivity contribution in [3.8, 4) is 0 Å². The van der Waals surface area contributed by atoms with Crippen molar-refractivity contribution in [1.82, 2.24) is 5.43 Å². The molecular weight excluding hydrogens is 406 g/mol. The molecule has 3 aromatic rings. The van der Waals surface area contributed by atoms with Crippen LogP contribution in [-0.4, -0.2) is 18.0 Å². The first kappa shape index (κ1) is 18.5. The average molecular weight is 422 g/mol. The minimum absolute atomic E-state index is 0.202. The van der Waals surface area contributed by atoms with Crippen molar-refractivity contribution in [2.24, 2.45) is 5.10 Å². The number of hydrazone groups is 1. The second-order valence-electron chi connectivity index (χ2n) is 5.65. The molecular formula is C21H16BrN3O2. The number of hydrogen-bond acceptors (Lipinski definition) is 3. The van der Waals surface area contributed by atoms with Gasteiger partial charge >= 0.3 is 0 Å². The van der Waals surface area contributed by atoms with Gasteiger partial charge in [-0.1, -0.05) is 46.3 Å². The van der Waals surface area contributed by atoms with Crippen LogP contribution in [0.2, 0.25) is 0 Å². The number of benzene rings is 3. The molecule has 0 aromatic heterocycles. The summed E-state index contributed by atoms with van der Waals surface area (Å²) in [5, 5.41) is 6.74. The van der Waals surface area contributed by atoms with Crippen LogP contribution in [0, 0.1) is 0 Å². The third-order valence-electron chi connectivity index (χ3n) is 3.67. The number of hydrogen-bond donors (Lipinski definition) is 2. The van der Waals surface area contributed by atoms with Crippen LogP contribution in [0.25, 0.3) is 0 Å². The molecule has 0 heterocycles. The number of nitrogens with zero attached hydrogens (tertiary/aromatic N) is 1. The average Bonchev–Trinajstić information content (AvgIpc) is 2.69. The number of rotatable bonds is 5. The monoisotopic (exact) mass is 421 g/mol. The molecule has 0 saturated carbocycles. The third-order valence-corrected chi connectivity index (χ3v) is 4.16. The second-order valence-corrected chi connectivity index (χ2v) is 6.57. The van der Waals surface area contributed by atoms with Gasteiger partial charge in [-0.05, 0) is 54.1 Å². The van der Waals surface area contributed by atoms with E-state index in [9.17, 15) is 9.59 Å². The van der Waals surface area contributed by atoms with Crippen molar-refractivity contribution in [3.63, 3.8) is 0 Å². The predicted molar refractivity (Wildman–Crippen MR) is 110 cm³/mol. The van der Waals surface area contributed by atoms with E-state index in [1.54, 1.807) is 54.7 Å². The smallest absolute Gasteiger partial charge is 0.271 e. The van der Waals surface area contributed by atoms with Crippen LogP contribution in [0.1, 0.15) is 26.3 Å². The second kappa shape index (κ2) is 8.91. The fraction of sp³-hybridized carbons (Fsp3) is 0. The van der Waals surface area contributed by atoms with Crippen LogP contribution in [0.5, 0.6) is 0 Å². The Labute approximate surface area is 165 Å². The molecule has 0 aliphatic carbocycles. The third kappa shape index (κ3) is 5.36. The van der Waals surface area contributed by atoms with Crippen molar-refractivity contribution in [1.29, 1.82) is 0 Å². The fourth-order valence-corrected chi connectivity index (χ4v) is 2.73. The summed E-state index contributed by atoms with van der Waals surface area (Å²) in [6.45, 7) is 0. The lowest BCUT2D eigenvalue weighted by Gasteiger charge is -2.06. The van der Waals surface area contributed by atoms with E-state index in [4.69, 9.17) is 0 Å². The van der Waals surface area contributed by atoms with E-state index in [2.05, 4.69) is 31.8 Å². The molecule has 2 N–H and O–H groups in total. The maximum atomic E-state index is 12.1. The Balaban J connectivity index is 1.58. The number of halogens is 1. The van der Waals surface area contributed by atoms with Crippen molar-refractivity contribution in [2.75, 3.05) is 5.32 Å². The van der Waals surface area contributed by atoms with Gasteiger partial charge in [0, 0.05) is 21.3 Å². The molecule has 0 bridgehead atoms. The highest BCUT2D eigenvalue weighted by molar-refractivity contribution is 9.10. The van der Waals surface area contributed by atoms with Gasteiger partial charge in [0.2, 0.25) is 0 Å². The Bertz CT molecular complexity index is 970. The molecule has 3 rings (SSSR count). The van der Waals surface area contributed by atoms with Gasteiger partial charge in [0.25, 0.3) is 11.8 Å². The first-order valence-electron chi connectivity index (χ1n) is 8.17. The van der Waals surface area contributed by atoms with Crippen molar-refractivity contribution in [2.45, 2.75) is 0 Å². The lowest BCUT2D eigenvalue weighted by atomic mass is 10.1. The maximum absolute atomic E-state index is 12.1. The summed E-state index contributed by atoms with van der Waals surface area (Å²) >= 11 is 3.38. The van der Waals surface area contributed by atoms with Crippen LogP contribution in [0.3, 0.4) is 0 Å². The molecule has 134 valence electrons. The Morgan fingerprint density at radius 2 is 1.52 bits per heavy atom. The summed E-state index contributed by atoms with van der Waals surface area (Å²) in [6, 6.07) is 23.1.